The first kappa shape index (κ1) is 9.76. The molecule has 2 rings (SSSR count). The van der Waals surface area contributed by atoms with Crippen LogP contribution in [-0.4, -0.2) is 26.2 Å². The van der Waals surface area contributed by atoms with Crippen molar-refractivity contribution in [3.63, 3.8) is 0 Å². The molecule has 0 spiro atoms. The van der Waals surface area contributed by atoms with Gasteiger partial charge in [0.2, 0.25) is 0 Å². The lowest BCUT2D eigenvalue weighted by molar-refractivity contribution is 0.252. The minimum absolute atomic E-state index is 0.254. The second kappa shape index (κ2) is 3.76. The molecule has 0 atom stereocenters. The van der Waals surface area contributed by atoms with Crippen LogP contribution >= 0.6 is 0 Å². The average Bonchev–Trinajstić information content (AvgIpc) is 2.65. The van der Waals surface area contributed by atoms with Gasteiger partial charge in [0.15, 0.2) is 0 Å². The number of hydrogen-bond donors (Lipinski definition) is 1. The van der Waals surface area contributed by atoms with Gasteiger partial charge in [-0.15, -0.1) is 0 Å². The molecule has 1 fully saturated rings. The second-order valence-corrected chi connectivity index (χ2v) is 3.20. The number of carbonyl (C=O) groups excluding carboxylic acids is 1. The molecule has 1 N–H and O–H groups in total. The molecule has 0 bridgehead atoms. The third kappa shape index (κ3) is 1.72. The Morgan fingerprint density at radius 3 is 2.93 bits per heavy atom. The molecule has 4 nitrogen and oxygen atoms in total. The SMILES string of the molecule is COc1ccc(F)c(N2CCNC2=O)c1. The van der Waals surface area contributed by atoms with Crippen molar-refractivity contribution in [2.24, 2.45) is 0 Å². The normalized spacial score (nSPS) is 15.3. The van der Waals surface area contributed by atoms with E-state index in [2.05, 4.69) is 5.32 Å². The number of methoxy groups -OCH3 is 1. The maximum atomic E-state index is 13.5. The largest absolute Gasteiger partial charge is 0.497 e. The highest BCUT2D eigenvalue weighted by Gasteiger charge is 2.24. The summed E-state index contributed by atoms with van der Waals surface area (Å²) in [6, 6.07) is 4.05. The summed E-state index contributed by atoms with van der Waals surface area (Å²) in [5, 5.41) is 2.61. The van der Waals surface area contributed by atoms with Gasteiger partial charge in [-0.25, -0.2) is 9.18 Å². The molecule has 5 heteroatoms. The van der Waals surface area contributed by atoms with Crippen molar-refractivity contribution in [3.05, 3.63) is 24.0 Å². The van der Waals surface area contributed by atoms with E-state index in [4.69, 9.17) is 4.74 Å². The van der Waals surface area contributed by atoms with Crippen LogP contribution in [0, 0.1) is 5.82 Å². The van der Waals surface area contributed by atoms with Crippen molar-refractivity contribution in [1.29, 1.82) is 0 Å². The van der Waals surface area contributed by atoms with E-state index in [0.29, 0.717) is 18.8 Å². The zero-order chi connectivity index (χ0) is 10.8. The maximum absolute atomic E-state index is 13.5. The summed E-state index contributed by atoms with van der Waals surface area (Å²) in [7, 11) is 1.50. The first-order valence-corrected chi connectivity index (χ1v) is 4.61. The van der Waals surface area contributed by atoms with Gasteiger partial charge in [0, 0.05) is 19.2 Å². The molecular formula is C10H11FN2O2. The number of anilines is 1. The summed E-state index contributed by atoms with van der Waals surface area (Å²) in [6.45, 7) is 1.01. The number of ether oxygens (including phenoxy) is 1. The van der Waals surface area contributed by atoms with Crippen molar-refractivity contribution in [3.8, 4) is 5.75 Å². The monoisotopic (exact) mass is 210 g/mol. The molecule has 1 aliphatic heterocycles. The van der Waals surface area contributed by atoms with Gasteiger partial charge in [-0.05, 0) is 12.1 Å². The molecule has 0 radical (unpaired) electrons. The van der Waals surface area contributed by atoms with Crippen molar-refractivity contribution in [2.45, 2.75) is 0 Å². The van der Waals surface area contributed by atoms with Gasteiger partial charge in [0.25, 0.3) is 0 Å². The van der Waals surface area contributed by atoms with Crippen molar-refractivity contribution in [2.75, 3.05) is 25.1 Å². The highest BCUT2D eigenvalue weighted by atomic mass is 19.1. The fourth-order valence-electron chi connectivity index (χ4n) is 1.53. The van der Waals surface area contributed by atoms with Crippen LogP contribution in [0.2, 0.25) is 0 Å². The average molecular weight is 210 g/mol. The Labute approximate surface area is 86.6 Å². The summed E-state index contributed by atoms with van der Waals surface area (Å²) >= 11 is 0. The number of nitrogens with zero attached hydrogens (tertiary/aromatic N) is 1. The molecule has 1 heterocycles. The molecule has 1 saturated heterocycles. The molecule has 1 aromatic rings. The van der Waals surface area contributed by atoms with Crippen LogP contribution in [0.1, 0.15) is 0 Å². The van der Waals surface area contributed by atoms with E-state index >= 15 is 0 Å². The first-order chi connectivity index (χ1) is 7.22. The number of benzene rings is 1. The molecule has 0 aromatic heterocycles. The highest BCUT2D eigenvalue weighted by Crippen LogP contribution is 2.25. The molecule has 0 saturated carbocycles. The fourth-order valence-corrected chi connectivity index (χ4v) is 1.53. The zero-order valence-corrected chi connectivity index (χ0v) is 8.29. The van der Waals surface area contributed by atoms with Crippen LogP contribution < -0.4 is 15.0 Å². The van der Waals surface area contributed by atoms with E-state index in [-0.39, 0.29) is 11.7 Å². The maximum Gasteiger partial charge on any atom is 0.322 e. The van der Waals surface area contributed by atoms with E-state index in [0.717, 1.165) is 0 Å². The third-order valence-electron chi connectivity index (χ3n) is 2.30. The van der Waals surface area contributed by atoms with E-state index in [9.17, 15) is 9.18 Å². The molecule has 1 aromatic carbocycles. The fraction of sp³-hybridized carbons (Fsp3) is 0.300. The van der Waals surface area contributed by atoms with Crippen LogP contribution in [0.25, 0.3) is 0 Å². The standard InChI is InChI=1S/C10H11FN2O2/c1-15-7-2-3-8(11)9(6-7)13-5-4-12-10(13)14/h2-3,6H,4-5H2,1H3,(H,12,14). The first-order valence-electron chi connectivity index (χ1n) is 4.61. The molecule has 15 heavy (non-hydrogen) atoms. The number of hydrogen-bond acceptors (Lipinski definition) is 2. The van der Waals surface area contributed by atoms with E-state index in [1.807, 2.05) is 0 Å². The number of amides is 2. The van der Waals surface area contributed by atoms with Crippen LogP contribution in [0.3, 0.4) is 0 Å². The summed E-state index contributed by atoms with van der Waals surface area (Å²) in [5.41, 5.74) is 0.254. The van der Waals surface area contributed by atoms with Crippen molar-refractivity contribution < 1.29 is 13.9 Å². The number of nitrogens with one attached hydrogen (secondary N) is 1. The highest BCUT2D eigenvalue weighted by molar-refractivity contribution is 5.94. The number of rotatable bonds is 2. The Balaban J connectivity index is 2.37. The Bertz CT molecular complexity index is 395. The molecular weight excluding hydrogens is 199 g/mol. The number of halogens is 1. The lowest BCUT2D eigenvalue weighted by atomic mass is 10.2. The summed E-state index contributed by atoms with van der Waals surface area (Å²) in [4.78, 5) is 12.7. The molecule has 2 amide bonds. The van der Waals surface area contributed by atoms with Crippen molar-refractivity contribution >= 4 is 11.7 Å². The zero-order valence-electron chi connectivity index (χ0n) is 8.29. The quantitative estimate of drug-likeness (QED) is 0.800. The van der Waals surface area contributed by atoms with Gasteiger partial charge in [-0.3, -0.25) is 4.90 Å². The number of urea groups is 1. The topological polar surface area (TPSA) is 41.6 Å². The van der Waals surface area contributed by atoms with E-state index in [1.165, 1.54) is 30.2 Å². The van der Waals surface area contributed by atoms with Crippen LogP contribution in [0.15, 0.2) is 18.2 Å². The molecule has 0 aliphatic carbocycles. The minimum Gasteiger partial charge on any atom is -0.497 e. The van der Waals surface area contributed by atoms with Gasteiger partial charge in [0.1, 0.15) is 11.6 Å². The Morgan fingerprint density at radius 1 is 1.53 bits per heavy atom. The third-order valence-corrected chi connectivity index (χ3v) is 2.30. The molecule has 0 unspecified atom stereocenters. The van der Waals surface area contributed by atoms with Crippen LogP contribution in [0.5, 0.6) is 5.75 Å². The van der Waals surface area contributed by atoms with Crippen LogP contribution in [-0.2, 0) is 0 Å². The van der Waals surface area contributed by atoms with Gasteiger partial charge in [0.05, 0.1) is 12.8 Å². The smallest absolute Gasteiger partial charge is 0.322 e. The number of carbonyl (C=O) groups is 1. The predicted molar refractivity (Wildman–Crippen MR) is 53.7 cm³/mol. The van der Waals surface area contributed by atoms with Crippen LogP contribution in [0.4, 0.5) is 14.9 Å². The Hall–Kier alpha value is -1.78. The van der Waals surface area contributed by atoms with E-state index in [1.54, 1.807) is 0 Å². The Morgan fingerprint density at radius 2 is 2.33 bits per heavy atom. The van der Waals surface area contributed by atoms with Gasteiger partial charge in [-0.2, -0.15) is 0 Å². The Kier molecular flexibility index (Phi) is 2.45. The van der Waals surface area contributed by atoms with Crippen molar-refractivity contribution in [1.82, 2.24) is 5.32 Å². The predicted octanol–water partition coefficient (Wildman–Crippen LogP) is 1.36. The summed E-state index contributed by atoms with van der Waals surface area (Å²) < 4.78 is 18.4. The van der Waals surface area contributed by atoms with Gasteiger partial charge in [-0.1, -0.05) is 0 Å². The lowest BCUT2D eigenvalue weighted by Crippen LogP contribution is -2.28. The lowest BCUT2D eigenvalue weighted by Gasteiger charge is -2.15. The van der Waals surface area contributed by atoms with E-state index < -0.39 is 5.82 Å². The molecule has 80 valence electrons. The summed E-state index contributed by atoms with van der Waals surface area (Å²) in [5.74, 6) is 0.110. The minimum atomic E-state index is -0.423. The summed E-state index contributed by atoms with van der Waals surface area (Å²) in [6.07, 6.45) is 0. The van der Waals surface area contributed by atoms with Gasteiger partial charge >= 0.3 is 6.03 Å². The second-order valence-electron chi connectivity index (χ2n) is 3.20. The van der Waals surface area contributed by atoms with Gasteiger partial charge < -0.3 is 10.1 Å². The molecule has 1 aliphatic rings.